The zero-order chi connectivity index (χ0) is 22.5. The molecule has 2 amide bonds. The summed E-state index contributed by atoms with van der Waals surface area (Å²) in [6, 6.07) is 12.2. The first kappa shape index (κ1) is 21.8. The van der Waals surface area contributed by atoms with Crippen LogP contribution in [0.5, 0.6) is 5.75 Å². The molecule has 1 N–H and O–H groups in total. The number of hydrogen-bond donors (Lipinski definition) is 1. The molecule has 0 aromatic heterocycles. The number of nitro groups is 1. The molecular weight excluding hydrogens is 402 g/mol. The van der Waals surface area contributed by atoms with Crippen molar-refractivity contribution in [1.29, 1.82) is 0 Å². The van der Waals surface area contributed by atoms with E-state index in [1.165, 1.54) is 17.0 Å². The number of non-ortho nitro benzene ring substituents is 1. The van der Waals surface area contributed by atoms with E-state index in [1.54, 1.807) is 57.3 Å². The Hall–Kier alpha value is -3.88. The fourth-order valence-corrected chi connectivity index (χ4v) is 3.20. The minimum atomic E-state index is -0.633. The lowest BCUT2D eigenvalue weighted by atomic mass is 9.95. The van der Waals surface area contributed by atoms with E-state index in [9.17, 15) is 19.7 Å². The molecule has 3 rings (SSSR count). The van der Waals surface area contributed by atoms with Gasteiger partial charge < -0.3 is 19.7 Å². The molecule has 2 aromatic carbocycles. The van der Waals surface area contributed by atoms with E-state index in [0.717, 1.165) is 5.56 Å². The molecule has 1 unspecified atom stereocenters. The molecule has 0 bridgehead atoms. The number of ether oxygens (including phenoxy) is 2. The number of urea groups is 1. The predicted molar refractivity (Wildman–Crippen MR) is 112 cm³/mol. The zero-order valence-electron chi connectivity index (χ0n) is 17.5. The first-order valence-corrected chi connectivity index (χ1v) is 9.70. The minimum Gasteiger partial charge on any atom is -0.489 e. The Bertz CT molecular complexity index is 1010. The van der Waals surface area contributed by atoms with Crippen molar-refractivity contribution in [3.8, 4) is 5.75 Å². The van der Waals surface area contributed by atoms with Gasteiger partial charge in [-0.1, -0.05) is 12.1 Å². The Morgan fingerprint density at radius 3 is 2.39 bits per heavy atom. The number of rotatable bonds is 7. The van der Waals surface area contributed by atoms with Crippen LogP contribution in [0.4, 0.5) is 10.5 Å². The second kappa shape index (κ2) is 9.29. The molecule has 1 atom stereocenters. The normalized spacial score (nSPS) is 16.0. The van der Waals surface area contributed by atoms with E-state index in [4.69, 9.17) is 9.47 Å². The van der Waals surface area contributed by atoms with Crippen LogP contribution in [-0.4, -0.2) is 35.5 Å². The van der Waals surface area contributed by atoms with Gasteiger partial charge in [0.1, 0.15) is 12.4 Å². The van der Waals surface area contributed by atoms with Crippen molar-refractivity contribution in [2.45, 2.75) is 26.5 Å². The van der Waals surface area contributed by atoms with Crippen molar-refractivity contribution >= 4 is 17.7 Å². The van der Waals surface area contributed by atoms with Crippen LogP contribution < -0.4 is 10.1 Å². The van der Waals surface area contributed by atoms with Crippen LogP contribution in [0, 0.1) is 10.1 Å². The number of carbonyl (C=O) groups is 2. The number of nitrogens with one attached hydrogen (secondary N) is 1. The predicted octanol–water partition coefficient (Wildman–Crippen LogP) is 3.71. The number of carbonyl (C=O) groups excluding carboxylic acids is 2. The summed E-state index contributed by atoms with van der Waals surface area (Å²) in [5, 5.41) is 13.6. The van der Waals surface area contributed by atoms with Gasteiger partial charge in [-0.3, -0.25) is 10.1 Å². The Kier molecular flexibility index (Phi) is 6.54. The van der Waals surface area contributed by atoms with E-state index >= 15 is 0 Å². The maximum absolute atomic E-state index is 12.5. The van der Waals surface area contributed by atoms with Crippen LogP contribution in [0.15, 0.2) is 59.8 Å². The quantitative estimate of drug-likeness (QED) is 0.411. The second-order valence-electron chi connectivity index (χ2n) is 6.94. The summed E-state index contributed by atoms with van der Waals surface area (Å²) in [6.45, 7) is 3.91. The number of benzene rings is 2. The summed E-state index contributed by atoms with van der Waals surface area (Å²) >= 11 is 0. The van der Waals surface area contributed by atoms with Gasteiger partial charge >= 0.3 is 12.0 Å². The molecule has 1 aliphatic heterocycles. The molecule has 9 heteroatoms. The van der Waals surface area contributed by atoms with Gasteiger partial charge in [-0.05, 0) is 49.2 Å². The molecule has 162 valence electrons. The lowest BCUT2D eigenvalue weighted by molar-refractivity contribution is -0.384. The molecule has 9 nitrogen and oxygen atoms in total. The van der Waals surface area contributed by atoms with E-state index < -0.39 is 16.9 Å². The molecule has 0 radical (unpaired) electrons. The Labute approximate surface area is 179 Å². The highest BCUT2D eigenvalue weighted by Crippen LogP contribution is 2.31. The lowest BCUT2D eigenvalue weighted by Crippen LogP contribution is -2.46. The molecule has 1 aliphatic rings. The third kappa shape index (κ3) is 4.82. The van der Waals surface area contributed by atoms with Gasteiger partial charge in [-0.2, -0.15) is 0 Å². The van der Waals surface area contributed by atoms with Gasteiger partial charge in [0.2, 0.25) is 0 Å². The van der Waals surface area contributed by atoms with Gasteiger partial charge in [0.05, 0.1) is 23.1 Å². The van der Waals surface area contributed by atoms with Gasteiger partial charge in [-0.15, -0.1) is 0 Å². The average Bonchev–Trinajstić information content (AvgIpc) is 2.76. The molecular formula is C22H23N3O6. The van der Waals surface area contributed by atoms with Crippen molar-refractivity contribution in [2.24, 2.45) is 0 Å². The Morgan fingerprint density at radius 2 is 1.81 bits per heavy atom. The highest BCUT2D eigenvalue weighted by atomic mass is 16.6. The number of amides is 2. The monoisotopic (exact) mass is 425 g/mol. The first-order chi connectivity index (χ1) is 14.8. The molecule has 1 heterocycles. The minimum absolute atomic E-state index is 0.0222. The number of esters is 1. The van der Waals surface area contributed by atoms with Crippen LogP contribution in [0.1, 0.15) is 31.0 Å². The van der Waals surface area contributed by atoms with Crippen molar-refractivity contribution in [1.82, 2.24) is 10.2 Å². The van der Waals surface area contributed by atoms with E-state index in [1.807, 2.05) is 0 Å². The van der Waals surface area contributed by atoms with Gasteiger partial charge in [0.15, 0.2) is 0 Å². The molecule has 0 spiro atoms. The van der Waals surface area contributed by atoms with E-state index in [0.29, 0.717) is 22.6 Å². The summed E-state index contributed by atoms with van der Waals surface area (Å²) in [4.78, 5) is 36.4. The topological polar surface area (TPSA) is 111 Å². The maximum atomic E-state index is 12.5. The number of hydrogen-bond acceptors (Lipinski definition) is 6. The molecule has 31 heavy (non-hydrogen) atoms. The fraction of sp³-hybridized carbons (Fsp3) is 0.273. The molecule has 0 fully saturated rings. The third-order valence-electron chi connectivity index (χ3n) is 5.02. The summed E-state index contributed by atoms with van der Waals surface area (Å²) in [5.41, 5.74) is 2.44. The molecule has 0 saturated heterocycles. The van der Waals surface area contributed by atoms with Crippen LogP contribution >= 0.6 is 0 Å². The molecule has 0 saturated carbocycles. The van der Waals surface area contributed by atoms with Crippen LogP contribution in [0.2, 0.25) is 0 Å². The number of allylic oxidation sites excluding steroid dienone is 1. The summed E-state index contributed by atoms with van der Waals surface area (Å²) in [6.07, 6.45) is 0. The lowest BCUT2D eigenvalue weighted by Gasteiger charge is -2.33. The largest absolute Gasteiger partial charge is 0.489 e. The summed E-state index contributed by atoms with van der Waals surface area (Å²) < 4.78 is 10.9. The van der Waals surface area contributed by atoms with Gasteiger partial charge in [0.25, 0.3) is 5.69 Å². The maximum Gasteiger partial charge on any atom is 0.338 e. The SMILES string of the molecule is CCOC(=O)C1=C(C)N(C)C(=O)NC1c1ccc(OCc2ccc([N+](=O)[O-])cc2)cc1. The fourth-order valence-electron chi connectivity index (χ4n) is 3.20. The molecule has 2 aromatic rings. The highest BCUT2D eigenvalue weighted by molar-refractivity contribution is 5.95. The van der Waals surface area contributed by atoms with Crippen LogP contribution in [-0.2, 0) is 16.1 Å². The average molecular weight is 425 g/mol. The zero-order valence-corrected chi connectivity index (χ0v) is 17.5. The molecule has 0 aliphatic carbocycles. The van der Waals surface area contributed by atoms with E-state index in [-0.39, 0.29) is 24.9 Å². The van der Waals surface area contributed by atoms with E-state index in [2.05, 4.69) is 5.32 Å². The number of nitro benzene ring substituents is 1. The van der Waals surface area contributed by atoms with Crippen molar-refractivity contribution < 1.29 is 24.0 Å². The standard InChI is InChI=1S/C22H23N3O6/c1-4-30-21(26)19-14(2)24(3)22(27)23-20(19)16-7-11-18(12-8-16)31-13-15-5-9-17(10-6-15)25(28)29/h5-12,20H,4,13H2,1-3H3,(H,23,27). The third-order valence-corrected chi connectivity index (χ3v) is 5.02. The van der Waals surface area contributed by atoms with Gasteiger partial charge in [0, 0.05) is 24.9 Å². The Balaban J connectivity index is 1.75. The first-order valence-electron chi connectivity index (χ1n) is 9.70. The summed E-state index contributed by atoms with van der Waals surface area (Å²) in [7, 11) is 1.59. The van der Waals surface area contributed by atoms with Crippen LogP contribution in [0.25, 0.3) is 0 Å². The van der Waals surface area contributed by atoms with Crippen molar-refractivity contribution in [2.75, 3.05) is 13.7 Å². The smallest absolute Gasteiger partial charge is 0.338 e. The van der Waals surface area contributed by atoms with Crippen molar-refractivity contribution in [3.05, 3.63) is 81.0 Å². The van der Waals surface area contributed by atoms with Crippen molar-refractivity contribution in [3.63, 3.8) is 0 Å². The Morgan fingerprint density at radius 1 is 1.16 bits per heavy atom. The summed E-state index contributed by atoms with van der Waals surface area (Å²) in [5.74, 6) is 0.107. The highest BCUT2D eigenvalue weighted by Gasteiger charge is 2.34. The second-order valence-corrected chi connectivity index (χ2v) is 6.94. The number of nitrogens with zero attached hydrogens (tertiary/aromatic N) is 2. The van der Waals surface area contributed by atoms with Gasteiger partial charge in [-0.25, -0.2) is 9.59 Å². The van der Waals surface area contributed by atoms with Crippen LogP contribution in [0.3, 0.4) is 0 Å².